The Morgan fingerprint density at radius 3 is 2.69 bits per heavy atom. The van der Waals surface area contributed by atoms with Crippen LogP contribution in [0.4, 0.5) is 0 Å². The highest BCUT2D eigenvalue weighted by molar-refractivity contribution is 5.86. The van der Waals surface area contributed by atoms with E-state index in [9.17, 15) is 4.79 Å². The largest absolute Gasteiger partial charge is 0.478 e. The number of aryl methyl sites for hydroxylation is 1. The number of fused-ring (bicyclic) bond motifs is 3. The molecular formula is C22H23NO3. The standard InChI is InChI=1S/C22H23NO3/c1-3-17-15(2)18-9-10-20-19(21(18)26-22(17)24)13-23(14-25-20)12-11-16-7-5-4-6-8-16/h4-10H,3,11-14H2,1-2H3. The molecule has 0 spiro atoms. The molecule has 4 rings (SSSR count). The third-order valence-electron chi connectivity index (χ3n) is 5.21. The first-order valence-electron chi connectivity index (χ1n) is 9.14. The van der Waals surface area contributed by atoms with Crippen LogP contribution in [0.15, 0.2) is 51.7 Å². The van der Waals surface area contributed by atoms with E-state index in [0.717, 1.165) is 47.3 Å². The summed E-state index contributed by atoms with van der Waals surface area (Å²) in [5.74, 6) is 0.820. The molecule has 0 radical (unpaired) electrons. The predicted molar refractivity (Wildman–Crippen MR) is 103 cm³/mol. The molecule has 3 aromatic rings. The van der Waals surface area contributed by atoms with Gasteiger partial charge in [0.15, 0.2) is 0 Å². The molecule has 0 amide bonds. The average Bonchev–Trinajstić information content (AvgIpc) is 2.67. The van der Waals surface area contributed by atoms with E-state index in [2.05, 4.69) is 29.2 Å². The van der Waals surface area contributed by atoms with Gasteiger partial charge in [-0.25, -0.2) is 4.79 Å². The van der Waals surface area contributed by atoms with Crippen molar-refractivity contribution in [1.29, 1.82) is 0 Å². The van der Waals surface area contributed by atoms with Gasteiger partial charge >= 0.3 is 5.63 Å². The second-order valence-corrected chi connectivity index (χ2v) is 6.83. The fourth-order valence-electron chi connectivity index (χ4n) is 3.69. The molecule has 4 nitrogen and oxygen atoms in total. The van der Waals surface area contributed by atoms with E-state index in [1.165, 1.54) is 5.56 Å². The highest BCUT2D eigenvalue weighted by Crippen LogP contribution is 2.33. The van der Waals surface area contributed by atoms with Gasteiger partial charge in [0.25, 0.3) is 0 Å². The molecular weight excluding hydrogens is 326 g/mol. The molecule has 0 unspecified atom stereocenters. The molecule has 134 valence electrons. The Kier molecular flexibility index (Phi) is 4.51. The highest BCUT2D eigenvalue weighted by atomic mass is 16.5. The van der Waals surface area contributed by atoms with E-state index >= 15 is 0 Å². The zero-order valence-corrected chi connectivity index (χ0v) is 15.2. The summed E-state index contributed by atoms with van der Waals surface area (Å²) in [7, 11) is 0. The number of hydrogen-bond donors (Lipinski definition) is 0. The van der Waals surface area contributed by atoms with Crippen molar-refractivity contribution in [2.24, 2.45) is 0 Å². The van der Waals surface area contributed by atoms with Crippen LogP contribution in [0.5, 0.6) is 5.75 Å². The summed E-state index contributed by atoms with van der Waals surface area (Å²) in [5, 5.41) is 1.01. The fourth-order valence-corrected chi connectivity index (χ4v) is 3.69. The van der Waals surface area contributed by atoms with E-state index in [-0.39, 0.29) is 5.63 Å². The van der Waals surface area contributed by atoms with Gasteiger partial charge in [0, 0.05) is 24.0 Å². The smallest absolute Gasteiger partial charge is 0.339 e. The summed E-state index contributed by atoms with van der Waals surface area (Å²) in [4.78, 5) is 14.6. The number of ether oxygens (including phenoxy) is 1. The maximum Gasteiger partial charge on any atom is 0.339 e. The summed E-state index contributed by atoms with van der Waals surface area (Å²) >= 11 is 0. The van der Waals surface area contributed by atoms with E-state index in [1.807, 2.05) is 32.0 Å². The summed E-state index contributed by atoms with van der Waals surface area (Å²) in [6.07, 6.45) is 1.65. The first-order chi connectivity index (χ1) is 12.7. The van der Waals surface area contributed by atoms with Gasteiger partial charge in [-0.2, -0.15) is 0 Å². The van der Waals surface area contributed by atoms with Gasteiger partial charge in [0.1, 0.15) is 18.1 Å². The molecule has 0 fully saturated rings. The van der Waals surface area contributed by atoms with Crippen molar-refractivity contribution in [2.45, 2.75) is 33.2 Å². The minimum absolute atomic E-state index is 0.229. The third-order valence-corrected chi connectivity index (χ3v) is 5.21. The lowest BCUT2D eigenvalue weighted by molar-refractivity contribution is 0.0967. The zero-order valence-electron chi connectivity index (χ0n) is 15.2. The topological polar surface area (TPSA) is 42.7 Å². The quantitative estimate of drug-likeness (QED) is 0.666. The first kappa shape index (κ1) is 16.9. The highest BCUT2D eigenvalue weighted by Gasteiger charge is 2.22. The maximum atomic E-state index is 12.3. The van der Waals surface area contributed by atoms with Crippen LogP contribution in [-0.4, -0.2) is 18.2 Å². The fraction of sp³-hybridized carbons (Fsp3) is 0.318. The van der Waals surface area contributed by atoms with E-state index in [1.54, 1.807) is 0 Å². The van der Waals surface area contributed by atoms with Crippen molar-refractivity contribution in [3.05, 3.63) is 75.1 Å². The van der Waals surface area contributed by atoms with Gasteiger partial charge in [-0.1, -0.05) is 37.3 Å². The molecule has 1 aliphatic rings. The van der Waals surface area contributed by atoms with Gasteiger partial charge in [-0.3, -0.25) is 4.90 Å². The van der Waals surface area contributed by atoms with Gasteiger partial charge < -0.3 is 9.15 Å². The lowest BCUT2D eigenvalue weighted by Crippen LogP contribution is -2.33. The minimum Gasteiger partial charge on any atom is -0.478 e. The predicted octanol–water partition coefficient (Wildman–Crippen LogP) is 4.06. The van der Waals surface area contributed by atoms with Crippen molar-refractivity contribution < 1.29 is 9.15 Å². The monoisotopic (exact) mass is 349 g/mol. The molecule has 26 heavy (non-hydrogen) atoms. The third kappa shape index (κ3) is 3.01. The summed E-state index contributed by atoms with van der Waals surface area (Å²) in [6, 6.07) is 14.4. The van der Waals surface area contributed by atoms with Crippen LogP contribution >= 0.6 is 0 Å². The number of rotatable bonds is 4. The first-order valence-corrected chi connectivity index (χ1v) is 9.14. The molecule has 2 aromatic carbocycles. The van der Waals surface area contributed by atoms with Crippen molar-refractivity contribution >= 4 is 11.0 Å². The van der Waals surface area contributed by atoms with Crippen LogP contribution in [0.25, 0.3) is 11.0 Å². The van der Waals surface area contributed by atoms with Crippen LogP contribution < -0.4 is 10.4 Å². The second-order valence-electron chi connectivity index (χ2n) is 6.83. The summed E-state index contributed by atoms with van der Waals surface area (Å²) in [5.41, 5.74) is 4.51. The van der Waals surface area contributed by atoms with E-state index in [0.29, 0.717) is 18.7 Å². The second kappa shape index (κ2) is 6.96. The van der Waals surface area contributed by atoms with Crippen molar-refractivity contribution in [3.63, 3.8) is 0 Å². The minimum atomic E-state index is -0.229. The van der Waals surface area contributed by atoms with Crippen LogP contribution in [0.2, 0.25) is 0 Å². The van der Waals surface area contributed by atoms with Crippen molar-refractivity contribution in [1.82, 2.24) is 4.90 Å². The Hall–Kier alpha value is -2.59. The lowest BCUT2D eigenvalue weighted by Gasteiger charge is -2.29. The van der Waals surface area contributed by atoms with Crippen LogP contribution in [-0.2, 0) is 19.4 Å². The summed E-state index contributed by atoms with van der Waals surface area (Å²) < 4.78 is 11.6. The Labute approximate surface area is 153 Å². The zero-order chi connectivity index (χ0) is 18.1. The maximum absolute atomic E-state index is 12.3. The molecule has 2 heterocycles. The van der Waals surface area contributed by atoms with Crippen LogP contribution in [0.3, 0.4) is 0 Å². The molecule has 0 bridgehead atoms. The van der Waals surface area contributed by atoms with Crippen LogP contribution in [0, 0.1) is 6.92 Å². The lowest BCUT2D eigenvalue weighted by atomic mass is 10.0. The Morgan fingerprint density at radius 1 is 1.12 bits per heavy atom. The molecule has 0 aliphatic carbocycles. The van der Waals surface area contributed by atoms with E-state index in [4.69, 9.17) is 9.15 Å². The normalized spacial score (nSPS) is 14.2. The van der Waals surface area contributed by atoms with Gasteiger partial charge in [0.2, 0.25) is 0 Å². The number of nitrogens with zero attached hydrogens (tertiary/aromatic N) is 1. The number of hydrogen-bond acceptors (Lipinski definition) is 4. The Balaban J connectivity index is 1.65. The molecule has 0 atom stereocenters. The molecule has 0 saturated carbocycles. The van der Waals surface area contributed by atoms with Gasteiger partial charge in [-0.05, 0) is 43.0 Å². The van der Waals surface area contributed by atoms with Gasteiger partial charge in [-0.15, -0.1) is 0 Å². The van der Waals surface area contributed by atoms with Gasteiger partial charge in [0.05, 0.1) is 5.56 Å². The molecule has 0 saturated heterocycles. The Morgan fingerprint density at radius 2 is 1.92 bits per heavy atom. The summed E-state index contributed by atoms with van der Waals surface area (Å²) in [6.45, 7) is 6.17. The molecule has 1 aliphatic heterocycles. The molecule has 4 heteroatoms. The molecule has 1 aromatic heterocycles. The Bertz CT molecular complexity index is 992. The van der Waals surface area contributed by atoms with Crippen LogP contribution in [0.1, 0.15) is 29.2 Å². The number of benzene rings is 2. The SMILES string of the molecule is CCc1c(C)c2ccc3c(c2oc1=O)CN(CCc1ccccc1)CO3. The van der Waals surface area contributed by atoms with Crippen molar-refractivity contribution in [2.75, 3.05) is 13.3 Å². The molecule has 0 N–H and O–H groups in total. The van der Waals surface area contributed by atoms with Crippen molar-refractivity contribution in [3.8, 4) is 5.75 Å². The van der Waals surface area contributed by atoms with E-state index < -0.39 is 0 Å². The average molecular weight is 349 g/mol.